The van der Waals surface area contributed by atoms with Crippen LogP contribution in [-0.4, -0.2) is 21.6 Å². The van der Waals surface area contributed by atoms with Crippen LogP contribution in [-0.2, 0) is 17.8 Å². The molecule has 2 aromatic rings. The predicted octanol–water partition coefficient (Wildman–Crippen LogP) is 4.00. The minimum absolute atomic E-state index is 0.0246. The van der Waals surface area contributed by atoms with Crippen LogP contribution < -0.4 is 4.90 Å². The third-order valence-corrected chi connectivity index (χ3v) is 4.94. The molecule has 0 saturated carbocycles. The number of amides is 1. The van der Waals surface area contributed by atoms with Gasteiger partial charge in [0.15, 0.2) is 5.16 Å². The number of aromatic nitrogens is 2. The number of nitrogens with zero attached hydrogens (tertiary/aromatic N) is 3. The maximum atomic E-state index is 13.9. The molecular formula is C16H14ClF2N3OS. The molecule has 126 valence electrons. The van der Waals surface area contributed by atoms with E-state index in [9.17, 15) is 13.6 Å². The highest BCUT2D eigenvalue weighted by Crippen LogP contribution is 2.34. The van der Waals surface area contributed by atoms with Crippen molar-refractivity contribution >= 4 is 35.1 Å². The van der Waals surface area contributed by atoms with Gasteiger partial charge in [-0.15, -0.1) is 0 Å². The van der Waals surface area contributed by atoms with Crippen molar-refractivity contribution in [2.24, 2.45) is 0 Å². The van der Waals surface area contributed by atoms with Crippen LogP contribution in [0.2, 0.25) is 5.15 Å². The standard InChI is InChI=1S/C16H14ClF2N3OS/c1-2-5-24-16-20-14(17)11-7-13(23)22(15(11)21-16)8-9-3-4-10(18)6-12(9)19/h3-4,6H,2,5,7-8H2,1H3. The van der Waals surface area contributed by atoms with Crippen LogP contribution in [0.25, 0.3) is 0 Å². The second-order valence-electron chi connectivity index (χ2n) is 5.34. The number of anilines is 1. The van der Waals surface area contributed by atoms with Gasteiger partial charge in [-0.2, -0.15) is 0 Å². The monoisotopic (exact) mass is 369 g/mol. The molecule has 2 heterocycles. The first-order valence-electron chi connectivity index (χ1n) is 7.43. The minimum atomic E-state index is -0.697. The smallest absolute Gasteiger partial charge is 0.233 e. The zero-order valence-corrected chi connectivity index (χ0v) is 14.4. The van der Waals surface area contributed by atoms with E-state index in [1.807, 2.05) is 6.92 Å². The molecule has 0 radical (unpaired) electrons. The molecule has 1 aliphatic heterocycles. The molecule has 0 N–H and O–H groups in total. The molecule has 8 heteroatoms. The van der Waals surface area contributed by atoms with E-state index in [2.05, 4.69) is 9.97 Å². The predicted molar refractivity (Wildman–Crippen MR) is 89.3 cm³/mol. The van der Waals surface area contributed by atoms with Crippen LogP contribution in [0.4, 0.5) is 14.6 Å². The fourth-order valence-electron chi connectivity index (χ4n) is 2.41. The van der Waals surface area contributed by atoms with Crippen molar-refractivity contribution in [2.75, 3.05) is 10.7 Å². The second-order valence-corrected chi connectivity index (χ2v) is 6.76. The number of benzene rings is 1. The summed E-state index contributed by atoms with van der Waals surface area (Å²) in [6, 6.07) is 3.28. The van der Waals surface area contributed by atoms with E-state index in [0.29, 0.717) is 16.5 Å². The molecule has 4 nitrogen and oxygen atoms in total. The number of carbonyl (C=O) groups is 1. The average molecular weight is 370 g/mol. The van der Waals surface area contributed by atoms with Crippen molar-refractivity contribution in [3.63, 3.8) is 0 Å². The van der Waals surface area contributed by atoms with Crippen LogP contribution in [0.5, 0.6) is 0 Å². The highest BCUT2D eigenvalue weighted by molar-refractivity contribution is 7.99. The third kappa shape index (κ3) is 3.37. The zero-order valence-electron chi connectivity index (χ0n) is 12.9. The first-order valence-corrected chi connectivity index (χ1v) is 8.79. The second kappa shape index (κ2) is 7.03. The van der Waals surface area contributed by atoms with E-state index in [-0.39, 0.29) is 29.6 Å². The summed E-state index contributed by atoms with van der Waals surface area (Å²) < 4.78 is 26.9. The van der Waals surface area contributed by atoms with Crippen molar-refractivity contribution in [3.05, 3.63) is 46.1 Å². The average Bonchev–Trinajstić information content (AvgIpc) is 2.85. The number of rotatable bonds is 5. The number of hydrogen-bond acceptors (Lipinski definition) is 4. The van der Waals surface area contributed by atoms with E-state index in [4.69, 9.17) is 11.6 Å². The van der Waals surface area contributed by atoms with E-state index in [0.717, 1.165) is 24.3 Å². The molecule has 3 rings (SSSR count). The number of fused-ring (bicyclic) bond motifs is 1. The van der Waals surface area contributed by atoms with E-state index in [1.165, 1.54) is 22.7 Å². The Morgan fingerprint density at radius 1 is 1.33 bits per heavy atom. The molecule has 24 heavy (non-hydrogen) atoms. The third-order valence-electron chi connectivity index (χ3n) is 3.58. The van der Waals surface area contributed by atoms with Gasteiger partial charge in [0.25, 0.3) is 0 Å². The minimum Gasteiger partial charge on any atom is -0.292 e. The normalized spacial score (nSPS) is 13.5. The van der Waals surface area contributed by atoms with Crippen molar-refractivity contribution in [1.82, 2.24) is 9.97 Å². The summed E-state index contributed by atoms with van der Waals surface area (Å²) in [4.78, 5) is 22.3. The Hall–Kier alpha value is -1.73. The quantitative estimate of drug-likeness (QED) is 0.454. The fraction of sp³-hybridized carbons (Fsp3) is 0.312. The van der Waals surface area contributed by atoms with E-state index >= 15 is 0 Å². The topological polar surface area (TPSA) is 46.1 Å². The number of halogens is 3. The summed E-state index contributed by atoms with van der Waals surface area (Å²) in [7, 11) is 0. The molecule has 0 aliphatic carbocycles. The Balaban J connectivity index is 1.93. The Bertz CT molecular complexity index is 803. The molecule has 0 spiro atoms. The molecule has 0 fully saturated rings. The van der Waals surface area contributed by atoms with E-state index < -0.39 is 11.6 Å². The van der Waals surface area contributed by atoms with Gasteiger partial charge >= 0.3 is 0 Å². The van der Waals surface area contributed by atoms with Gasteiger partial charge in [0.2, 0.25) is 5.91 Å². The van der Waals surface area contributed by atoms with Crippen molar-refractivity contribution in [2.45, 2.75) is 31.5 Å². The van der Waals surface area contributed by atoms with Gasteiger partial charge in [0.05, 0.1) is 13.0 Å². The molecule has 0 atom stereocenters. The lowest BCUT2D eigenvalue weighted by atomic mass is 10.2. The van der Waals surface area contributed by atoms with Crippen molar-refractivity contribution < 1.29 is 13.6 Å². The lowest BCUT2D eigenvalue weighted by Gasteiger charge is -2.17. The summed E-state index contributed by atoms with van der Waals surface area (Å²) in [5, 5.41) is 0.730. The Labute approximate surface area is 147 Å². The van der Waals surface area contributed by atoms with Crippen LogP contribution in [0.1, 0.15) is 24.5 Å². The summed E-state index contributed by atoms with van der Waals surface area (Å²) in [6.45, 7) is 2.01. The van der Waals surface area contributed by atoms with Gasteiger partial charge in [-0.3, -0.25) is 9.69 Å². The number of carbonyl (C=O) groups excluding carboxylic acids is 1. The number of thioether (sulfide) groups is 1. The Kier molecular flexibility index (Phi) is 5.01. The van der Waals surface area contributed by atoms with Crippen LogP contribution >= 0.6 is 23.4 Å². The molecular weight excluding hydrogens is 356 g/mol. The largest absolute Gasteiger partial charge is 0.292 e. The van der Waals surface area contributed by atoms with Gasteiger partial charge < -0.3 is 0 Å². The first kappa shape index (κ1) is 17.1. The maximum Gasteiger partial charge on any atom is 0.233 e. The Morgan fingerprint density at radius 2 is 2.12 bits per heavy atom. The summed E-state index contributed by atoms with van der Waals surface area (Å²) in [5.74, 6) is -0.356. The molecule has 0 saturated heterocycles. The first-order chi connectivity index (χ1) is 11.5. The highest BCUT2D eigenvalue weighted by Gasteiger charge is 2.32. The van der Waals surface area contributed by atoms with Gasteiger partial charge in [-0.05, 0) is 12.5 Å². The van der Waals surface area contributed by atoms with Gasteiger partial charge in [0.1, 0.15) is 22.6 Å². The number of hydrogen-bond donors (Lipinski definition) is 0. The van der Waals surface area contributed by atoms with E-state index in [1.54, 1.807) is 0 Å². The molecule has 1 aromatic heterocycles. The fourth-order valence-corrected chi connectivity index (χ4v) is 3.38. The zero-order chi connectivity index (χ0) is 17.3. The van der Waals surface area contributed by atoms with Crippen LogP contribution in [0.15, 0.2) is 23.4 Å². The highest BCUT2D eigenvalue weighted by atomic mass is 35.5. The van der Waals surface area contributed by atoms with Crippen molar-refractivity contribution in [3.8, 4) is 0 Å². The lowest BCUT2D eigenvalue weighted by molar-refractivity contribution is -0.117. The van der Waals surface area contributed by atoms with Gasteiger partial charge in [0, 0.05) is 22.9 Å². The molecule has 0 bridgehead atoms. The van der Waals surface area contributed by atoms with Gasteiger partial charge in [-0.25, -0.2) is 18.7 Å². The summed E-state index contributed by atoms with van der Waals surface area (Å²) in [5.41, 5.74) is 0.764. The molecule has 1 aromatic carbocycles. The maximum absolute atomic E-state index is 13.9. The van der Waals surface area contributed by atoms with Crippen LogP contribution in [0, 0.1) is 11.6 Å². The van der Waals surface area contributed by atoms with Gasteiger partial charge in [-0.1, -0.05) is 36.4 Å². The lowest BCUT2D eigenvalue weighted by Crippen LogP contribution is -2.27. The van der Waals surface area contributed by atoms with Crippen molar-refractivity contribution in [1.29, 1.82) is 0 Å². The summed E-state index contributed by atoms with van der Waals surface area (Å²) in [6.07, 6.45) is 1.03. The molecule has 1 amide bonds. The van der Waals surface area contributed by atoms with Crippen LogP contribution in [0.3, 0.4) is 0 Å². The SMILES string of the molecule is CCCSc1nc(Cl)c2c(n1)N(Cc1ccc(F)cc1F)C(=O)C2. The Morgan fingerprint density at radius 3 is 2.83 bits per heavy atom. The molecule has 1 aliphatic rings. The molecule has 0 unspecified atom stereocenters. The summed E-state index contributed by atoms with van der Waals surface area (Å²) >= 11 is 7.62.